The maximum Gasteiger partial charge on any atom is 0.268 e. The molecule has 0 aliphatic heterocycles. The van der Waals surface area contributed by atoms with E-state index in [4.69, 9.17) is 4.42 Å². The molecule has 0 spiro atoms. The standard InChI is InChI=1S/C16H11N3O2S2/c20-15-14-11(6-7-22-14)17-13(19-15)9-23-16-18-12(8-21-16)10-4-2-1-3-5-10/h1-8H,9H2,(H,17,19,20). The van der Waals surface area contributed by atoms with Crippen LogP contribution in [-0.4, -0.2) is 15.0 Å². The number of hydrogen-bond donors (Lipinski definition) is 1. The molecule has 7 heteroatoms. The average Bonchev–Trinajstić information content (AvgIpc) is 3.23. The first-order chi connectivity index (χ1) is 11.3. The molecule has 114 valence electrons. The van der Waals surface area contributed by atoms with Gasteiger partial charge in [-0.05, 0) is 11.4 Å². The number of fused-ring (bicyclic) bond motifs is 1. The van der Waals surface area contributed by atoms with Crippen molar-refractivity contribution in [2.45, 2.75) is 11.0 Å². The SMILES string of the molecule is O=c1[nH]c(CSc2nc(-c3ccccc3)co2)nc2ccsc12. The van der Waals surface area contributed by atoms with Gasteiger partial charge in [0, 0.05) is 5.56 Å². The fourth-order valence-corrected chi connectivity index (χ4v) is 3.59. The monoisotopic (exact) mass is 341 g/mol. The largest absolute Gasteiger partial charge is 0.439 e. The van der Waals surface area contributed by atoms with Gasteiger partial charge >= 0.3 is 0 Å². The summed E-state index contributed by atoms with van der Waals surface area (Å²) in [6.45, 7) is 0. The van der Waals surface area contributed by atoms with Gasteiger partial charge in [-0.25, -0.2) is 9.97 Å². The summed E-state index contributed by atoms with van der Waals surface area (Å²) in [4.78, 5) is 23.6. The maximum atomic E-state index is 11.9. The smallest absolute Gasteiger partial charge is 0.268 e. The number of thiophene rings is 1. The quantitative estimate of drug-likeness (QED) is 0.569. The Hall–Kier alpha value is -2.38. The van der Waals surface area contributed by atoms with Crippen molar-refractivity contribution in [2.75, 3.05) is 0 Å². The third-order valence-electron chi connectivity index (χ3n) is 3.25. The average molecular weight is 341 g/mol. The van der Waals surface area contributed by atoms with E-state index in [1.54, 1.807) is 6.26 Å². The van der Waals surface area contributed by atoms with Crippen LogP contribution in [-0.2, 0) is 5.75 Å². The fourth-order valence-electron chi connectivity index (χ4n) is 2.19. The van der Waals surface area contributed by atoms with E-state index in [1.165, 1.54) is 23.1 Å². The molecule has 5 nitrogen and oxygen atoms in total. The van der Waals surface area contributed by atoms with Crippen LogP contribution in [0.25, 0.3) is 21.5 Å². The van der Waals surface area contributed by atoms with E-state index in [-0.39, 0.29) is 5.56 Å². The zero-order chi connectivity index (χ0) is 15.6. The normalized spacial score (nSPS) is 11.1. The molecule has 4 aromatic rings. The van der Waals surface area contributed by atoms with E-state index in [1.807, 2.05) is 41.8 Å². The molecule has 23 heavy (non-hydrogen) atoms. The molecule has 0 amide bonds. The van der Waals surface area contributed by atoms with Crippen molar-refractivity contribution in [2.24, 2.45) is 0 Å². The molecule has 0 aliphatic carbocycles. The van der Waals surface area contributed by atoms with Crippen molar-refractivity contribution in [3.8, 4) is 11.3 Å². The van der Waals surface area contributed by atoms with Gasteiger partial charge in [-0.2, -0.15) is 0 Å². The summed E-state index contributed by atoms with van der Waals surface area (Å²) in [7, 11) is 0. The molecule has 3 aromatic heterocycles. The van der Waals surface area contributed by atoms with Gasteiger partial charge < -0.3 is 9.40 Å². The van der Waals surface area contributed by atoms with Gasteiger partial charge in [-0.1, -0.05) is 42.1 Å². The highest BCUT2D eigenvalue weighted by molar-refractivity contribution is 7.98. The lowest BCUT2D eigenvalue weighted by Crippen LogP contribution is -2.09. The number of hydrogen-bond acceptors (Lipinski definition) is 6. The van der Waals surface area contributed by atoms with E-state index < -0.39 is 0 Å². The Kier molecular flexibility index (Phi) is 3.72. The lowest BCUT2D eigenvalue weighted by atomic mass is 10.2. The number of aromatic amines is 1. The van der Waals surface area contributed by atoms with Gasteiger partial charge in [-0.3, -0.25) is 4.79 Å². The number of oxazole rings is 1. The van der Waals surface area contributed by atoms with E-state index in [9.17, 15) is 4.79 Å². The van der Waals surface area contributed by atoms with Crippen LogP contribution in [0.3, 0.4) is 0 Å². The molecule has 0 radical (unpaired) electrons. The van der Waals surface area contributed by atoms with Gasteiger partial charge in [-0.15, -0.1) is 11.3 Å². The predicted molar refractivity (Wildman–Crippen MR) is 91.7 cm³/mol. The zero-order valence-electron chi connectivity index (χ0n) is 11.9. The van der Waals surface area contributed by atoms with Crippen LogP contribution in [0, 0.1) is 0 Å². The van der Waals surface area contributed by atoms with Gasteiger partial charge in [0.1, 0.15) is 22.5 Å². The Labute approximate surface area is 139 Å². The second-order valence-corrected chi connectivity index (χ2v) is 6.64. The van der Waals surface area contributed by atoms with Crippen molar-refractivity contribution in [1.82, 2.24) is 15.0 Å². The van der Waals surface area contributed by atoms with Crippen LogP contribution >= 0.6 is 23.1 Å². The number of H-pyrrole nitrogens is 1. The van der Waals surface area contributed by atoms with Crippen LogP contribution in [0.15, 0.2) is 62.5 Å². The van der Waals surface area contributed by atoms with Gasteiger partial charge in [0.15, 0.2) is 0 Å². The van der Waals surface area contributed by atoms with E-state index in [0.29, 0.717) is 21.5 Å². The number of nitrogens with zero attached hydrogens (tertiary/aromatic N) is 2. The van der Waals surface area contributed by atoms with Crippen molar-refractivity contribution < 1.29 is 4.42 Å². The highest BCUT2D eigenvalue weighted by Gasteiger charge is 2.09. The lowest BCUT2D eigenvalue weighted by molar-refractivity contribution is 0.454. The molecule has 0 aliphatic rings. The summed E-state index contributed by atoms with van der Waals surface area (Å²) in [5, 5.41) is 2.42. The molecule has 0 unspecified atom stereocenters. The zero-order valence-corrected chi connectivity index (χ0v) is 13.5. The first-order valence-corrected chi connectivity index (χ1v) is 8.76. The van der Waals surface area contributed by atoms with Crippen LogP contribution in [0.4, 0.5) is 0 Å². The first kappa shape index (κ1) is 14.2. The van der Waals surface area contributed by atoms with Gasteiger partial charge in [0.05, 0.1) is 11.3 Å². The highest BCUT2D eigenvalue weighted by atomic mass is 32.2. The Balaban J connectivity index is 1.52. The summed E-state index contributed by atoms with van der Waals surface area (Å²) >= 11 is 2.80. The molecule has 0 saturated carbocycles. The second-order valence-electron chi connectivity index (χ2n) is 4.80. The van der Waals surface area contributed by atoms with E-state index in [0.717, 1.165) is 16.8 Å². The van der Waals surface area contributed by atoms with Crippen LogP contribution in [0.5, 0.6) is 0 Å². The second kappa shape index (κ2) is 6.02. The summed E-state index contributed by atoms with van der Waals surface area (Å²) in [6, 6.07) is 11.7. The lowest BCUT2D eigenvalue weighted by Gasteiger charge is -1.98. The van der Waals surface area contributed by atoms with Crippen molar-refractivity contribution in [3.63, 3.8) is 0 Å². The number of thioether (sulfide) groups is 1. The number of rotatable bonds is 4. The Morgan fingerprint density at radius 3 is 2.91 bits per heavy atom. The molecule has 4 rings (SSSR count). The molecule has 0 bridgehead atoms. The van der Waals surface area contributed by atoms with E-state index >= 15 is 0 Å². The van der Waals surface area contributed by atoms with Crippen molar-refractivity contribution >= 4 is 33.3 Å². The van der Waals surface area contributed by atoms with E-state index in [2.05, 4.69) is 15.0 Å². The van der Waals surface area contributed by atoms with Crippen LogP contribution in [0.1, 0.15) is 5.82 Å². The third kappa shape index (κ3) is 2.93. The van der Waals surface area contributed by atoms with Crippen molar-refractivity contribution in [3.05, 3.63) is 64.2 Å². The molecule has 1 aromatic carbocycles. The van der Waals surface area contributed by atoms with Gasteiger partial charge in [0.25, 0.3) is 10.8 Å². The predicted octanol–water partition coefficient (Wildman–Crippen LogP) is 3.93. The highest BCUT2D eigenvalue weighted by Crippen LogP contribution is 2.25. The minimum Gasteiger partial charge on any atom is -0.439 e. The summed E-state index contributed by atoms with van der Waals surface area (Å²) in [6.07, 6.45) is 1.63. The van der Waals surface area contributed by atoms with Crippen LogP contribution < -0.4 is 5.56 Å². The van der Waals surface area contributed by atoms with Gasteiger partial charge in [0.2, 0.25) is 0 Å². The molecule has 1 N–H and O–H groups in total. The Morgan fingerprint density at radius 1 is 1.17 bits per heavy atom. The Morgan fingerprint density at radius 2 is 2.04 bits per heavy atom. The fraction of sp³-hybridized carbons (Fsp3) is 0.0625. The molecule has 0 atom stereocenters. The summed E-state index contributed by atoms with van der Waals surface area (Å²) < 4.78 is 6.13. The molecule has 0 saturated heterocycles. The molecule has 0 fully saturated rings. The van der Waals surface area contributed by atoms with Crippen LogP contribution in [0.2, 0.25) is 0 Å². The number of nitrogens with one attached hydrogen (secondary N) is 1. The minimum atomic E-state index is -0.0991. The summed E-state index contributed by atoms with van der Waals surface area (Å²) in [5.41, 5.74) is 2.43. The topological polar surface area (TPSA) is 71.8 Å². The minimum absolute atomic E-state index is 0.0991. The third-order valence-corrected chi connectivity index (χ3v) is 5.00. The molecular formula is C16H11N3O2S2. The number of aromatic nitrogens is 3. The Bertz CT molecular complexity index is 1000. The van der Waals surface area contributed by atoms with Crippen molar-refractivity contribution in [1.29, 1.82) is 0 Å². The molecule has 3 heterocycles. The molecular weight excluding hydrogens is 330 g/mol. The maximum absolute atomic E-state index is 11.9. The summed E-state index contributed by atoms with van der Waals surface area (Å²) in [5.74, 6) is 1.11. The first-order valence-electron chi connectivity index (χ1n) is 6.90. The number of benzene rings is 1.